The SMILES string of the molecule is C.COC(=O)c1sccc1N.COC(=O)c1sccc1NC(=O)c1ccc(-c2ccccc2C)cc1.Cc1ccccc1-c1ccc(C(=O)Cl)cc1.Cc1ccccc1-c1ccc(C(=O)Nc2ccsc2C(=O)Nc2cccc(C#N)c2)cc1.N#Cc1cccc(N)c1.N=C(N)c1cccc(NC(=O)c2sccc2NC(=O)c2ccc(-c3ccccc3S(N)(=O)=O)cc2)c1.[CH3][Al]([CH3])[CH3]. The van der Waals surface area contributed by atoms with E-state index >= 15 is 0 Å². The Morgan fingerprint density at radius 1 is 0.391 bits per heavy atom. The van der Waals surface area contributed by atoms with Gasteiger partial charge in [0.1, 0.15) is 25.3 Å². The van der Waals surface area contributed by atoms with E-state index in [9.17, 15) is 46.8 Å². The molecule has 31 heteroatoms. The number of nitrogen functional groups attached to an aromatic ring is 3. The van der Waals surface area contributed by atoms with Gasteiger partial charge in [-0.15, -0.1) is 62.7 Å². The molecule has 0 radical (unpaired) electrons. The molecule has 15 rings (SSSR count). The number of primary sulfonamides is 1. The average molecular weight is 1900 g/mol. The molecule has 0 saturated carbocycles. The van der Waals surface area contributed by atoms with E-state index in [1.165, 1.54) is 87.9 Å². The summed E-state index contributed by atoms with van der Waals surface area (Å²) in [6.07, 6.45) is 0. The molecule has 0 aliphatic rings. The number of nitriles is 2. The van der Waals surface area contributed by atoms with Crippen molar-refractivity contribution >= 4 is 173 Å². The fourth-order valence-corrected chi connectivity index (χ4v) is 16.1. The first-order chi connectivity index (χ1) is 63.3. The first-order valence-corrected chi connectivity index (χ1v) is 49.1. The summed E-state index contributed by atoms with van der Waals surface area (Å²) >= 11 is 10.2. The van der Waals surface area contributed by atoms with Gasteiger partial charge in [-0.05, 0) is 237 Å². The molecular formula is C102H94AlClN12O12S5. The molecule has 0 unspecified atom stereocenters. The Kier molecular flexibility index (Phi) is 39.5. The Morgan fingerprint density at radius 2 is 0.722 bits per heavy atom. The van der Waals surface area contributed by atoms with Crippen LogP contribution in [0.4, 0.5) is 39.8 Å². The number of methoxy groups -OCH3 is 2. The van der Waals surface area contributed by atoms with Crippen LogP contribution in [0.3, 0.4) is 0 Å². The van der Waals surface area contributed by atoms with Gasteiger partial charge in [0.05, 0.1) is 65.1 Å². The van der Waals surface area contributed by atoms with E-state index in [2.05, 4.69) is 99.8 Å². The number of hydrogen-bond donors (Lipinski definition) is 10. The van der Waals surface area contributed by atoms with E-state index in [0.29, 0.717) is 109 Å². The second-order valence-corrected chi connectivity index (χ2v) is 38.2. The third-order valence-electron chi connectivity index (χ3n) is 18.7. The molecule has 4 heterocycles. The predicted molar refractivity (Wildman–Crippen MR) is 542 cm³/mol. The molecule has 674 valence electrons. The lowest BCUT2D eigenvalue weighted by Gasteiger charge is -2.10. The number of nitrogens with one attached hydrogen (secondary N) is 6. The van der Waals surface area contributed by atoms with E-state index in [-0.39, 0.29) is 56.0 Å². The van der Waals surface area contributed by atoms with Gasteiger partial charge in [-0.2, -0.15) is 10.5 Å². The monoisotopic (exact) mass is 1900 g/mol. The molecule has 133 heavy (non-hydrogen) atoms. The third-order valence-corrected chi connectivity index (χ3v) is 23.5. The number of halogens is 1. The van der Waals surface area contributed by atoms with Crippen molar-refractivity contribution in [2.45, 2.75) is 50.5 Å². The Hall–Kier alpha value is -15.0. The van der Waals surface area contributed by atoms with Crippen molar-refractivity contribution in [1.29, 1.82) is 15.9 Å². The third kappa shape index (κ3) is 30.5. The lowest BCUT2D eigenvalue weighted by molar-refractivity contribution is 0.0598. The number of aryl methyl sites for hydroxylation is 3. The summed E-state index contributed by atoms with van der Waals surface area (Å²) in [5.74, 6) is 4.21. The largest absolute Gasteiger partial charge is 0.465 e. The molecule has 5 amide bonds. The summed E-state index contributed by atoms with van der Waals surface area (Å²) in [7, 11) is -1.27. The van der Waals surface area contributed by atoms with Gasteiger partial charge >= 0.3 is 11.9 Å². The van der Waals surface area contributed by atoms with E-state index in [1.54, 1.807) is 197 Å². The Labute approximate surface area is 797 Å². The lowest BCUT2D eigenvalue weighted by Crippen LogP contribution is -2.17. The number of esters is 2. The highest BCUT2D eigenvalue weighted by Crippen LogP contribution is 2.33. The van der Waals surface area contributed by atoms with E-state index in [4.69, 9.17) is 54.6 Å². The summed E-state index contributed by atoms with van der Waals surface area (Å²) in [4.78, 5) is 98.5. The normalized spacial score (nSPS) is 10.1. The summed E-state index contributed by atoms with van der Waals surface area (Å²) in [5, 5.41) is 50.6. The van der Waals surface area contributed by atoms with E-state index in [1.807, 2.05) is 91.0 Å². The van der Waals surface area contributed by atoms with Crippen molar-refractivity contribution in [2.24, 2.45) is 10.9 Å². The maximum atomic E-state index is 12.8. The van der Waals surface area contributed by atoms with Crippen molar-refractivity contribution in [1.82, 2.24) is 0 Å². The number of carbonyl (C=O) groups excluding carboxylic acids is 8. The minimum Gasteiger partial charge on any atom is -0.465 e. The average Bonchev–Trinajstić information content (AvgIpc) is 1.80. The van der Waals surface area contributed by atoms with Crippen molar-refractivity contribution < 1.29 is 56.2 Å². The number of carbonyl (C=O) groups is 8. The highest BCUT2D eigenvalue weighted by Gasteiger charge is 2.23. The number of amidine groups is 1. The molecule has 0 aliphatic heterocycles. The van der Waals surface area contributed by atoms with Crippen LogP contribution in [0.25, 0.3) is 44.5 Å². The minimum atomic E-state index is -3.92. The highest BCUT2D eigenvalue weighted by molar-refractivity contribution is 7.89. The van der Waals surface area contributed by atoms with Crippen LogP contribution < -0.4 is 48.9 Å². The summed E-state index contributed by atoms with van der Waals surface area (Å²) in [5.41, 5.74) is 34.3. The molecule has 0 atom stereocenters. The molecule has 0 spiro atoms. The van der Waals surface area contributed by atoms with Gasteiger partial charge < -0.3 is 53.3 Å². The molecule has 14 N–H and O–H groups in total. The van der Waals surface area contributed by atoms with Gasteiger partial charge in [0.2, 0.25) is 10.0 Å². The minimum absolute atomic E-state index is 0. The quantitative estimate of drug-likeness (QED) is 0.00897. The van der Waals surface area contributed by atoms with Crippen molar-refractivity contribution in [3.8, 4) is 56.6 Å². The molecule has 0 fully saturated rings. The van der Waals surface area contributed by atoms with Crippen LogP contribution >= 0.6 is 56.9 Å². The number of nitrogens with zero attached hydrogens (tertiary/aromatic N) is 2. The van der Waals surface area contributed by atoms with Gasteiger partial charge in [-0.1, -0.05) is 171 Å². The molecular weight excluding hydrogens is 1810 g/mol. The van der Waals surface area contributed by atoms with Gasteiger partial charge in [-0.25, -0.2) is 23.1 Å². The molecule has 24 nitrogen and oxygen atoms in total. The van der Waals surface area contributed by atoms with Gasteiger partial charge in [0.25, 0.3) is 48.9 Å². The van der Waals surface area contributed by atoms with Crippen molar-refractivity contribution in [3.63, 3.8) is 0 Å². The zero-order chi connectivity index (χ0) is 95.6. The summed E-state index contributed by atoms with van der Waals surface area (Å²) in [6, 6.07) is 90.0. The number of sulfonamides is 1. The van der Waals surface area contributed by atoms with Gasteiger partial charge in [0, 0.05) is 50.4 Å². The van der Waals surface area contributed by atoms with Crippen molar-refractivity contribution in [2.75, 3.05) is 52.3 Å². The topological polar surface area (TPSA) is 425 Å². The number of thiophene rings is 4. The van der Waals surface area contributed by atoms with Gasteiger partial charge in [-0.3, -0.25) is 34.2 Å². The molecule has 0 bridgehead atoms. The number of anilines is 7. The highest BCUT2D eigenvalue weighted by atomic mass is 35.5. The van der Waals surface area contributed by atoms with E-state index in [0.717, 1.165) is 27.8 Å². The van der Waals surface area contributed by atoms with Crippen LogP contribution in [-0.2, 0) is 19.5 Å². The summed E-state index contributed by atoms with van der Waals surface area (Å²) < 4.78 is 33.0. The van der Waals surface area contributed by atoms with Crippen LogP contribution in [0.5, 0.6) is 0 Å². The Bertz CT molecular complexity index is 6820. The van der Waals surface area contributed by atoms with Crippen LogP contribution in [0.2, 0.25) is 17.4 Å². The maximum Gasteiger partial charge on any atom is 0.350 e. The zero-order valence-corrected chi connectivity index (χ0v) is 78.6. The predicted octanol–water partition coefficient (Wildman–Crippen LogP) is 23.0. The number of nitrogens with two attached hydrogens (primary N) is 4. The number of hydrogen-bond acceptors (Lipinski definition) is 21. The maximum absolute atomic E-state index is 12.8. The molecule has 0 aliphatic carbocycles. The number of ether oxygens (including phenoxy) is 2. The Balaban J connectivity index is 0.000000205. The lowest BCUT2D eigenvalue weighted by atomic mass is 9.99. The van der Waals surface area contributed by atoms with Crippen LogP contribution in [0.15, 0.2) is 318 Å². The van der Waals surface area contributed by atoms with E-state index < -0.39 is 33.0 Å². The fraction of sp³-hybridized carbons (Fsp3) is 0.0882. The smallest absolute Gasteiger partial charge is 0.350 e. The number of amides is 5. The number of benzene rings is 11. The van der Waals surface area contributed by atoms with Crippen LogP contribution in [0.1, 0.15) is 121 Å². The second-order valence-electron chi connectivity index (χ2n) is 29.2. The first-order valence-electron chi connectivity index (χ1n) is 40.2. The first kappa shape index (κ1) is 103. The Morgan fingerprint density at radius 3 is 1.08 bits per heavy atom. The molecule has 4 aromatic heterocycles. The van der Waals surface area contributed by atoms with Gasteiger partial charge in [0.15, 0.2) is 0 Å². The fourth-order valence-electron chi connectivity index (χ4n) is 12.2. The molecule has 11 aromatic carbocycles. The van der Waals surface area contributed by atoms with Crippen molar-refractivity contribution in [3.05, 3.63) is 388 Å². The standard InChI is InChI=1S/C26H19N3O2S.C25H21N5O4S2.C20H17NO3S.C14H11ClO.C7H6N2.C6H7NO2S.CH4.3CH3.Al/c1-17-5-2-3-8-22(17)19-9-11-20(12-10-19)25(30)29-23-13-14-32-24(23)26(31)28-21-7-4-6-18(15-21)16-27;26-23(27)17-4-3-5-18(14-17)29-25(32)22-20(12-13-35-22)30-24(31)16-10-8-15(9-11-16)19-6-1-2-7-21(19)36(28,33)34;1-13-5-3-4-6-16(13)14-7-9-15(10-8-14)19(22)21-17-11-12-25-18(17)20(23)24-2;1-10-4-2-3-5-13(10)11-6-8-12(9-7-11)14(15)16;8-5-6-2-1-3-7(9)4-6;1-9-6(8)5-4(7)2-3-10-5;;;;;/h2-15H,1H3,(H,28,31)(H,29,30);1-14H,(H3,26,27)(H,29,32)(H,30,31)(H2,28,33,34);3-12H,1-2H3,(H,21,22);2-9H,1H3;1-4H,9H2;2-3H,7H2,1H3;1H4;3*1H3;. The zero-order valence-electron chi connectivity index (χ0n) is 72.6. The van der Waals surface area contributed by atoms with Crippen LogP contribution in [-0.4, -0.2) is 89.3 Å². The molecule has 0 saturated heterocycles. The molecule has 15 aromatic rings. The second kappa shape index (κ2) is 50.8. The van der Waals surface area contributed by atoms with Crippen LogP contribution in [0, 0.1) is 48.8 Å². The summed E-state index contributed by atoms with van der Waals surface area (Å²) in [6.45, 7) is 6.17. The number of rotatable bonds is 19.